The number of fused-ring (bicyclic) bond motifs is 9. The molecule has 238 valence electrons. The van der Waals surface area contributed by atoms with E-state index in [1.807, 2.05) is 109 Å². The van der Waals surface area contributed by atoms with E-state index in [1.165, 1.54) is 12.1 Å². The summed E-state index contributed by atoms with van der Waals surface area (Å²) in [6.45, 7) is 0. The molecule has 0 amide bonds. The normalized spacial score (nSPS) is 13.6. The third-order valence-corrected chi connectivity index (χ3v) is 9.41. The first kappa shape index (κ1) is 22.6. The molecule has 0 atom stereocenters. The fourth-order valence-corrected chi connectivity index (χ4v) is 7.07. The molecule has 4 heterocycles. The fraction of sp³-hybridized carbons (Fsp3) is 0. The lowest BCUT2D eigenvalue weighted by Gasteiger charge is -2.08. The second kappa shape index (κ2) is 10.7. The first-order valence-corrected chi connectivity index (χ1v) is 16.4. The van der Waals surface area contributed by atoms with Crippen LogP contribution in [-0.2, 0) is 0 Å². The summed E-state index contributed by atoms with van der Waals surface area (Å²) in [6, 6.07) is 36.8. The van der Waals surface area contributed by atoms with Gasteiger partial charge in [0.2, 0.25) is 0 Å². The SMILES string of the molecule is [2H]c1cc([2H])c2c(c1[2H])c1c([2H])c([2H])cc([2H])c1n2-c1cccc2c1oc1cc(-c3nc(-c4ccccc4)nc(-c4ccc5c(c4)oc4ccccc45)n3)ccc12. The second-order valence-corrected chi connectivity index (χ2v) is 12.3. The Morgan fingerprint density at radius 1 is 0.431 bits per heavy atom. The van der Waals surface area contributed by atoms with E-state index in [2.05, 4.69) is 0 Å². The van der Waals surface area contributed by atoms with Gasteiger partial charge in [-0.05, 0) is 48.5 Å². The summed E-state index contributed by atoms with van der Waals surface area (Å²) < 4.78 is 66.7. The van der Waals surface area contributed by atoms with Crippen LogP contribution in [0.2, 0.25) is 0 Å². The molecule has 4 aromatic heterocycles. The lowest BCUT2D eigenvalue weighted by atomic mass is 10.1. The maximum atomic E-state index is 8.93. The third-order valence-electron chi connectivity index (χ3n) is 9.41. The monoisotopic (exact) mass is 660 g/mol. The highest BCUT2D eigenvalue weighted by molar-refractivity contribution is 6.13. The molecule has 0 bridgehead atoms. The molecule has 0 spiro atoms. The Labute approximate surface area is 299 Å². The molecule has 0 aliphatic heterocycles. The summed E-state index contributed by atoms with van der Waals surface area (Å²) >= 11 is 0. The highest BCUT2D eigenvalue weighted by Gasteiger charge is 2.19. The standard InChI is InChI=1S/C45H26N4O2/c1-2-11-27(12-3-1)43-46-44(28-21-23-33-32-15-6-9-20-39(32)50-40(33)25-28)48-45(47-43)29-22-24-34-35-16-10-19-38(42(35)51-41(34)26-29)49-36-17-7-4-13-30(36)31-14-5-8-18-37(31)49/h1-26H/i4D,5D,13D,14D,17D,18D. The number of hydrogen-bond acceptors (Lipinski definition) is 5. The number of benzene rings is 7. The number of rotatable bonds is 4. The zero-order chi connectivity index (χ0) is 38.7. The quantitative estimate of drug-likeness (QED) is 0.188. The minimum absolute atomic E-state index is 0.0396. The molecule has 0 saturated heterocycles. The number of aromatic nitrogens is 4. The average molecular weight is 661 g/mol. The van der Waals surface area contributed by atoms with E-state index < -0.39 is 0 Å². The van der Waals surface area contributed by atoms with Crippen molar-refractivity contribution in [3.63, 3.8) is 0 Å². The Kier molecular flexibility index (Phi) is 4.74. The first-order chi connectivity index (χ1) is 27.7. The largest absolute Gasteiger partial charge is 0.456 e. The maximum Gasteiger partial charge on any atom is 0.164 e. The van der Waals surface area contributed by atoms with Crippen molar-refractivity contribution in [2.75, 3.05) is 0 Å². The molecule has 6 heteroatoms. The summed E-state index contributed by atoms with van der Waals surface area (Å²) in [5.74, 6) is 1.42. The molecular weight excluding hydrogens is 629 g/mol. The molecule has 6 nitrogen and oxygen atoms in total. The van der Waals surface area contributed by atoms with Crippen LogP contribution in [-0.4, -0.2) is 19.5 Å². The van der Waals surface area contributed by atoms with Gasteiger partial charge in [0.1, 0.15) is 16.7 Å². The van der Waals surface area contributed by atoms with Crippen LogP contribution in [0.15, 0.2) is 166 Å². The Hall–Kier alpha value is -7.05. The predicted octanol–water partition coefficient (Wildman–Crippen LogP) is 11.8. The van der Waals surface area contributed by atoms with Crippen LogP contribution in [0.25, 0.3) is 106 Å². The number of hydrogen-bond donors (Lipinski definition) is 0. The minimum atomic E-state index is -0.172. The van der Waals surface area contributed by atoms with E-state index in [0.717, 1.165) is 43.8 Å². The van der Waals surface area contributed by atoms with E-state index >= 15 is 0 Å². The lowest BCUT2D eigenvalue weighted by molar-refractivity contribution is 0.666. The summed E-state index contributed by atoms with van der Waals surface area (Å²) in [5, 5.41) is 3.99. The van der Waals surface area contributed by atoms with Gasteiger partial charge >= 0.3 is 0 Å². The van der Waals surface area contributed by atoms with E-state index in [0.29, 0.717) is 39.9 Å². The van der Waals surface area contributed by atoms with Crippen LogP contribution < -0.4 is 0 Å². The molecule has 0 fully saturated rings. The summed E-state index contributed by atoms with van der Waals surface area (Å²) in [7, 11) is 0. The van der Waals surface area contributed by atoms with Crippen LogP contribution in [0.1, 0.15) is 8.22 Å². The van der Waals surface area contributed by atoms with E-state index in [1.54, 1.807) is 4.57 Å². The summed E-state index contributed by atoms with van der Waals surface area (Å²) in [5.41, 5.74) is 5.86. The fourth-order valence-electron chi connectivity index (χ4n) is 7.07. The first-order valence-electron chi connectivity index (χ1n) is 19.4. The summed E-state index contributed by atoms with van der Waals surface area (Å²) in [6.07, 6.45) is 0. The molecule has 0 aliphatic rings. The van der Waals surface area contributed by atoms with E-state index in [-0.39, 0.29) is 58.1 Å². The molecule has 51 heavy (non-hydrogen) atoms. The van der Waals surface area contributed by atoms with Crippen molar-refractivity contribution in [1.29, 1.82) is 0 Å². The maximum absolute atomic E-state index is 8.93. The van der Waals surface area contributed by atoms with Crippen LogP contribution in [0.5, 0.6) is 0 Å². The molecule has 0 saturated carbocycles. The molecule has 0 aliphatic carbocycles. The van der Waals surface area contributed by atoms with Crippen molar-refractivity contribution in [2.24, 2.45) is 0 Å². The number of para-hydroxylation sites is 4. The minimum Gasteiger partial charge on any atom is -0.456 e. The van der Waals surface area contributed by atoms with Gasteiger partial charge in [0.15, 0.2) is 23.1 Å². The average Bonchev–Trinajstić information content (AvgIpc) is 3.92. The molecule has 11 rings (SSSR count). The molecule has 0 radical (unpaired) electrons. The van der Waals surface area contributed by atoms with Gasteiger partial charge in [-0.3, -0.25) is 0 Å². The van der Waals surface area contributed by atoms with Crippen LogP contribution in [0.3, 0.4) is 0 Å². The Morgan fingerprint density at radius 2 is 1.00 bits per heavy atom. The van der Waals surface area contributed by atoms with Gasteiger partial charge in [-0.2, -0.15) is 0 Å². The summed E-state index contributed by atoms with van der Waals surface area (Å²) in [4.78, 5) is 14.8. The van der Waals surface area contributed by atoms with Crippen LogP contribution >= 0.6 is 0 Å². The second-order valence-electron chi connectivity index (χ2n) is 12.3. The van der Waals surface area contributed by atoms with Gasteiger partial charge in [0.25, 0.3) is 0 Å². The smallest absolute Gasteiger partial charge is 0.164 e. The third kappa shape index (κ3) is 4.26. The molecule has 0 N–H and O–H groups in total. The molecule has 7 aromatic carbocycles. The van der Waals surface area contributed by atoms with Crippen molar-refractivity contribution < 1.29 is 17.1 Å². The predicted molar refractivity (Wildman–Crippen MR) is 205 cm³/mol. The van der Waals surface area contributed by atoms with Crippen molar-refractivity contribution in [3.8, 4) is 39.9 Å². The van der Waals surface area contributed by atoms with Gasteiger partial charge < -0.3 is 13.4 Å². The van der Waals surface area contributed by atoms with Crippen molar-refractivity contribution >= 4 is 65.7 Å². The topological polar surface area (TPSA) is 69.9 Å². The zero-order valence-corrected chi connectivity index (χ0v) is 26.7. The van der Waals surface area contributed by atoms with Gasteiger partial charge in [-0.1, -0.05) is 109 Å². The van der Waals surface area contributed by atoms with Gasteiger partial charge in [-0.25, -0.2) is 15.0 Å². The van der Waals surface area contributed by atoms with Crippen molar-refractivity contribution in [1.82, 2.24) is 19.5 Å². The zero-order valence-electron chi connectivity index (χ0n) is 32.7. The van der Waals surface area contributed by atoms with E-state index in [9.17, 15) is 0 Å². The molecule has 11 aromatic rings. The van der Waals surface area contributed by atoms with Crippen LogP contribution in [0.4, 0.5) is 0 Å². The Bertz CT molecular complexity index is 3430. The van der Waals surface area contributed by atoms with Crippen molar-refractivity contribution in [2.45, 2.75) is 0 Å². The molecule has 0 unspecified atom stereocenters. The highest BCUT2D eigenvalue weighted by atomic mass is 16.3. The van der Waals surface area contributed by atoms with Gasteiger partial charge in [0, 0.05) is 49.0 Å². The number of nitrogens with zero attached hydrogens (tertiary/aromatic N) is 4. The van der Waals surface area contributed by atoms with E-state index in [4.69, 9.17) is 32.0 Å². The van der Waals surface area contributed by atoms with Gasteiger partial charge in [-0.15, -0.1) is 0 Å². The van der Waals surface area contributed by atoms with Gasteiger partial charge in [0.05, 0.1) is 24.9 Å². The Morgan fingerprint density at radius 3 is 1.71 bits per heavy atom. The molecular formula is C45H26N4O2. The van der Waals surface area contributed by atoms with Crippen LogP contribution in [0, 0.1) is 0 Å². The Balaban J connectivity index is 1.12. The highest BCUT2D eigenvalue weighted by Crippen LogP contribution is 2.39. The van der Waals surface area contributed by atoms with Crippen molar-refractivity contribution in [3.05, 3.63) is 158 Å². The lowest BCUT2D eigenvalue weighted by Crippen LogP contribution is -2.00. The number of furan rings is 2.